The van der Waals surface area contributed by atoms with Gasteiger partial charge in [-0.15, -0.1) is 0 Å². The Kier molecular flexibility index (Phi) is 7.10. The van der Waals surface area contributed by atoms with Crippen LogP contribution >= 0.6 is 0 Å². The van der Waals surface area contributed by atoms with Gasteiger partial charge in [-0.05, 0) is 69.6 Å². The third-order valence-electron chi connectivity index (χ3n) is 4.94. The molecule has 0 saturated carbocycles. The topological polar surface area (TPSA) is 55.6 Å². The van der Waals surface area contributed by atoms with Crippen molar-refractivity contribution in [3.63, 3.8) is 0 Å². The van der Waals surface area contributed by atoms with Gasteiger partial charge in [0, 0.05) is 25.6 Å². The predicted octanol–water partition coefficient (Wildman–Crippen LogP) is 3.44. The zero-order valence-electron chi connectivity index (χ0n) is 15.4. The van der Waals surface area contributed by atoms with Crippen LogP contribution in [0.3, 0.4) is 0 Å². The number of benzene rings is 1. The van der Waals surface area contributed by atoms with Gasteiger partial charge in [-0.1, -0.05) is 12.1 Å². The second-order valence-electron chi connectivity index (χ2n) is 7.18. The van der Waals surface area contributed by atoms with E-state index in [-0.39, 0.29) is 11.9 Å². The zero-order valence-corrected chi connectivity index (χ0v) is 15.4. The molecule has 0 radical (unpaired) electrons. The minimum absolute atomic E-state index is 0.173. The molecule has 1 aromatic carbocycles. The van der Waals surface area contributed by atoms with Crippen molar-refractivity contribution in [3.8, 4) is 5.75 Å². The van der Waals surface area contributed by atoms with Crippen molar-refractivity contribution in [1.29, 1.82) is 0 Å². The van der Waals surface area contributed by atoms with E-state index in [2.05, 4.69) is 32.0 Å². The average molecular weight is 332 g/mol. The molecule has 4 nitrogen and oxygen atoms in total. The molecule has 134 valence electrons. The Morgan fingerprint density at radius 1 is 1.38 bits per heavy atom. The highest BCUT2D eigenvalue weighted by molar-refractivity contribution is 5.76. The number of unbranched alkanes of at least 4 members (excludes halogenated alkanes) is 1. The summed E-state index contributed by atoms with van der Waals surface area (Å²) in [7, 11) is 0. The fourth-order valence-corrected chi connectivity index (χ4v) is 3.25. The Labute approximate surface area is 146 Å². The van der Waals surface area contributed by atoms with Crippen molar-refractivity contribution in [2.45, 2.75) is 58.9 Å². The quantitative estimate of drug-likeness (QED) is 0.778. The Balaban J connectivity index is 1.66. The Bertz CT molecular complexity index is 542. The molecule has 1 aliphatic rings. The largest absolute Gasteiger partial charge is 0.493 e. The SMILES string of the molecule is Cc1ccc(C)c(OCCCCC(=O)N2CCCC(C(C)N)C2)c1. The standard InChI is InChI=1S/C20H32N2O2/c1-15-9-10-16(2)19(13-15)24-12-5-4-8-20(23)22-11-6-7-18(14-22)17(3)21/h9-10,13,17-18H,4-8,11-12,14,21H2,1-3H3. The van der Waals surface area contributed by atoms with Crippen molar-refractivity contribution in [3.05, 3.63) is 29.3 Å². The molecule has 0 aliphatic carbocycles. The molecule has 2 unspecified atom stereocenters. The van der Waals surface area contributed by atoms with Crippen LogP contribution in [-0.4, -0.2) is 36.5 Å². The van der Waals surface area contributed by atoms with Gasteiger partial charge >= 0.3 is 0 Å². The van der Waals surface area contributed by atoms with Crippen LogP contribution in [0.25, 0.3) is 0 Å². The fraction of sp³-hybridized carbons (Fsp3) is 0.650. The van der Waals surface area contributed by atoms with Gasteiger partial charge in [-0.2, -0.15) is 0 Å². The van der Waals surface area contributed by atoms with Crippen LogP contribution < -0.4 is 10.5 Å². The van der Waals surface area contributed by atoms with E-state index in [0.29, 0.717) is 18.9 Å². The smallest absolute Gasteiger partial charge is 0.222 e. The number of hydrogen-bond acceptors (Lipinski definition) is 3. The number of amides is 1. The van der Waals surface area contributed by atoms with E-state index in [1.165, 1.54) is 5.56 Å². The van der Waals surface area contributed by atoms with Crippen LogP contribution in [0.4, 0.5) is 0 Å². The first-order valence-corrected chi connectivity index (χ1v) is 9.21. The molecule has 2 N–H and O–H groups in total. The van der Waals surface area contributed by atoms with Crippen LogP contribution in [0, 0.1) is 19.8 Å². The van der Waals surface area contributed by atoms with Crippen molar-refractivity contribution in [2.75, 3.05) is 19.7 Å². The van der Waals surface area contributed by atoms with Crippen molar-refractivity contribution >= 4 is 5.91 Å². The summed E-state index contributed by atoms with van der Waals surface area (Å²) >= 11 is 0. The molecule has 0 aromatic heterocycles. The van der Waals surface area contributed by atoms with Gasteiger partial charge in [0.2, 0.25) is 5.91 Å². The summed E-state index contributed by atoms with van der Waals surface area (Å²) < 4.78 is 5.85. The number of rotatable bonds is 7. The molecular weight excluding hydrogens is 300 g/mol. The van der Waals surface area contributed by atoms with Gasteiger partial charge in [0.05, 0.1) is 6.61 Å². The van der Waals surface area contributed by atoms with Crippen LogP contribution in [0.1, 0.15) is 50.2 Å². The zero-order chi connectivity index (χ0) is 17.5. The lowest BCUT2D eigenvalue weighted by Gasteiger charge is -2.34. The minimum Gasteiger partial charge on any atom is -0.493 e. The summed E-state index contributed by atoms with van der Waals surface area (Å²) in [4.78, 5) is 14.3. The average Bonchev–Trinajstić information content (AvgIpc) is 2.57. The molecule has 2 rings (SSSR count). The second-order valence-corrected chi connectivity index (χ2v) is 7.18. The van der Waals surface area contributed by atoms with Gasteiger partial charge in [-0.3, -0.25) is 4.79 Å². The van der Waals surface area contributed by atoms with Crippen LogP contribution in [-0.2, 0) is 4.79 Å². The van der Waals surface area contributed by atoms with Crippen LogP contribution in [0.5, 0.6) is 5.75 Å². The van der Waals surface area contributed by atoms with E-state index in [1.54, 1.807) is 0 Å². The lowest BCUT2D eigenvalue weighted by atomic mass is 9.92. The van der Waals surface area contributed by atoms with Gasteiger partial charge in [-0.25, -0.2) is 0 Å². The number of hydrogen-bond donors (Lipinski definition) is 1. The highest BCUT2D eigenvalue weighted by Crippen LogP contribution is 2.21. The molecule has 24 heavy (non-hydrogen) atoms. The first kappa shape index (κ1) is 18.8. The van der Waals surface area contributed by atoms with Crippen LogP contribution in [0.2, 0.25) is 0 Å². The van der Waals surface area contributed by atoms with Gasteiger partial charge in [0.25, 0.3) is 0 Å². The molecule has 0 bridgehead atoms. The van der Waals surface area contributed by atoms with Crippen LogP contribution in [0.15, 0.2) is 18.2 Å². The maximum atomic E-state index is 12.3. The van der Waals surface area contributed by atoms with Gasteiger partial charge in [0.15, 0.2) is 0 Å². The number of piperidine rings is 1. The second kappa shape index (κ2) is 9.07. The Hall–Kier alpha value is -1.55. The minimum atomic E-state index is 0.173. The molecule has 1 saturated heterocycles. The maximum Gasteiger partial charge on any atom is 0.222 e. The summed E-state index contributed by atoms with van der Waals surface area (Å²) in [6, 6.07) is 6.42. The van der Waals surface area contributed by atoms with E-state index in [9.17, 15) is 4.79 Å². The first-order valence-electron chi connectivity index (χ1n) is 9.21. The molecule has 1 aromatic rings. The van der Waals surface area contributed by atoms with Gasteiger partial charge < -0.3 is 15.4 Å². The summed E-state index contributed by atoms with van der Waals surface area (Å²) in [5, 5.41) is 0. The molecule has 4 heteroatoms. The van der Waals surface area contributed by atoms with Crippen molar-refractivity contribution < 1.29 is 9.53 Å². The number of nitrogens with two attached hydrogens (primary N) is 1. The normalized spacial score (nSPS) is 19.2. The molecular formula is C20H32N2O2. The third kappa shape index (κ3) is 5.52. The number of nitrogens with zero attached hydrogens (tertiary/aromatic N) is 1. The molecule has 1 amide bonds. The van der Waals surface area contributed by atoms with E-state index in [4.69, 9.17) is 10.5 Å². The van der Waals surface area contributed by atoms with Gasteiger partial charge in [0.1, 0.15) is 5.75 Å². The number of carbonyl (C=O) groups excluding carboxylic acids is 1. The molecule has 2 atom stereocenters. The number of carbonyl (C=O) groups is 1. The van der Waals surface area contributed by atoms with E-state index in [1.807, 2.05) is 11.8 Å². The summed E-state index contributed by atoms with van der Waals surface area (Å²) in [5.41, 5.74) is 8.36. The molecule has 1 aliphatic heterocycles. The monoisotopic (exact) mass is 332 g/mol. The highest BCUT2D eigenvalue weighted by Gasteiger charge is 2.25. The predicted molar refractivity (Wildman–Crippen MR) is 98.2 cm³/mol. The first-order chi connectivity index (χ1) is 11.5. The Morgan fingerprint density at radius 3 is 2.92 bits per heavy atom. The number of ether oxygens (including phenoxy) is 1. The van der Waals surface area contributed by atoms with E-state index >= 15 is 0 Å². The van der Waals surface area contributed by atoms with Crippen molar-refractivity contribution in [2.24, 2.45) is 11.7 Å². The molecule has 0 spiro atoms. The lowest BCUT2D eigenvalue weighted by Crippen LogP contribution is -2.45. The van der Waals surface area contributed by atoms with Crippen molar-refractivity contribution in [1.82, 2.24) is 4.90 Å². The summed E-state index contributed by atoms with van der Waals surface area (Å²) in [6.07, 6.45) is 4.62. The number of aryl methyl sites for hydroxylation is 2. The third-order valence-corrected chi connectivity index (χ3v) is 4.94. The van der Waals surface area contributed by atoms with E-state index in [0.717, 1.165) is 50.1 Å². The number of likely N-dealkylation sites (tertiary alicyclic amines) is 1. The maximum absolute atomic E-state index is 12.3. The summed E-state index contributed by atoms with van der Waals surface area (Å²) in [6.45, 7) is 8.56. The lowest BCUT2D eigenvalue weighted by molar-refractivity contribution is -0.133. The molecule has 1 fully saturated rings. The highest BCUT2D eigenvalue weighted by atomic mass is 16.5. The fourth-order valence-electron chi connectivity index (χ4n) is 3.25. The van der Waals surface area contributed by atoms with E-state index < -0.39 is 0 Å². The summed E-state index contributed by atoms with van der Waals surface area (Å²) in [5.74, 6) is 1.68. The molecule has 1 heterocycles. The Morgan fingerprint density at radius 2 is 2.17 bits per heavy atom.